The van der Waals surface area contributed by atoms with Crippen molar-refractivity contribution in [1.82, 2.24) is 9.78 Å². The zero-order valence-electron chi connectivity index (χ0n) is 7.16. The summed E-state index contributed by atoms with van der Waals surface area (Å²) < 4.78 is 2.73. The number of aromatic nitrogens is 2. The van der Waals surface area contributed by atoms with Crippen LogP contribution in [0.3, 0.4) is 0 Å². The Morgan fingerprint density at radius 1 is 1.54 bits per heavy atom. The van der Waals surface area contributed by atoms with Gasteiger partial charge in [0.1, 0.15) is 0 Å². The highest BCUT2D eigenvalue weighted by Gasteiger charge is 2.04. The van der Waals surface area contributed by atoms with E-state index in [0.29, 0.717) is 0 Å². The van der Waals surface area contributed by atoms with Crippen molar-refractivity contribution in [2.75, 3.05) is 0 Å². The molecule has 1 aromatic carbocycles. The maximum atomic E-state index is 8.97. The molecule has 68 valence electrons. The van der Waals surface area contributed by atoms with Crippen molar-refractivity contribution in [2.24, 2.45) is 7.05 Å². The zero-order valence-corrected chi connectivity index (χ0v) is 8.74. The predicted molar refractivity (Wildman–Crippen MR) is 54.3 cm³/mol. The Kier molecular flexibility index (Phi) is 2.09. The Bertz CT molecular complexity index is 450. The van der Waals surface area contributed by atoms with Crippen LogP contribution in [0.2, 0.25) is 0 Å². The summed E-state index contributed by atoms with van der Waals surface area (Å²) in [6.07, 6.45) is 1.95. The molecule has 0 aliphatic heterocycles. The molecule has 0 unspecified atom stereocenters. The van der Waals surface area contributed by atoms with E-state index in [2.05, 4.69) is 21.0 Å². The van der Waals surface area contributed by atoms with E-state index in [1.165, 1.54) is 0 Å². The zero-order chi connectivity index (χ0) is 9.42. The number of aliphatic hydroxyl groups is 1. The van der Waals surface area contributed by atoms with Crippen LogP contribution in [0.15, 0.2) is 22.8 Å². The van der Waals surface area contributed by atoms with E-state index in [1.807, 2.05) is 25.4 Å². The summed E-state index contributed by atoms with van der Waals surface area (Å²) in [7, 11) is 1.88. The third-order valence-electron chi connectivity index (χ3n) is 1.93. The molecule has 3 nitrogen and oxygen atoms in total. The second kappa shape index (κ2) is 3.12. The van der Waals surface area contributed by atoms with Gasteiger partial charge in [-0.25, -0.2) is 0 Å². The van der Waals surface area contributed by atoms with Crippen LogP contribution in [-0.2, 0) is 13.7 Å². The lowest BCUT2D eigenvalue weighted by atomic mass is 10.2. The van der Waals surface area contributed by atoms with Gasteiger partial charge in [0.05, 0.1) is 12.1 Å². The van der Waals surface area contributed by atoms with Crippen LogP contribution in [0.5, 0.6) is 0 Å². The Hall–Kier alpha value is -0.870. The van der Waals surface area contributed by atoms with E-state index in [9.17, 15) is 0 Å². The van der Waals surface area contributed by atoms with Crippen LogP contribution >= 0.6 is 15.9 Å². The molecular formula is C9H9BrN2O. The van der Waals surface area contributed by atoms with E-state index in [1.54, 1.807) is 4.68 Å². The number of fused-ring (bicyclic) bond motifs is 1. The lowest BCUT2D eigenvalue weighted by molar-refractivity contribution is 0.282. The van der Waals surface area contributed by atoms with E-state index < -0.39 is 0 Å². The van der Waals surface area contributed by atoms with E-state index >= 15 is 0 Å². The fourth-order valence-corrected chi connectivity index (χ4v) is 1.94. The van der Waals surface area contributed by atoms with Crippen molar-refractivity contribution < 1.29 is 5.11 Å². The predicted octanol–water partition coefficient (Wildman–Crippen LogP) is 1.83. The molecule has 0 spiro atoms. The quantitative estimate of drug-likeness (QED) is 0.827. The molecule has 0 atom stereocenters. The van der Waals surface area contributed by atoms with E-state index in [-0.39, 0.29) is 6.61 Å². The lowest BCUT2D eigenvalue weighted by Gasteiger charge is -1.97. The molecule has 0 saturated heterocycles. The molecule has 1 heterocycles. The van der Waals surface area contributed by atoms with Crippen molar-refractivity contribution in [3.05, 3.63) is 28.4 Å². The molecule has 1 N–H and O–H groups in total. The monoisotopic (exact) mass is 240 g/mol. The standard InChI is InChI=1S/C9H9BrN2O/c1-12-4-7-8(10)2-6(5-13)3-9(7)11-12/h2-4,13H,5H2,1H3. The molecule has 4 heteroatoms. The Labute approximate surface area is 84.1 Å². The number of aryl methyl sites for hydroxylation is 1. The summed E-state index contributed by atoms with van der Waals surface area (Å²) in [5.74, 6) is 0. The smallest absolute Gasteiger partial charge is 0.0938 e. The summed E-state index contributed by atoms with van der Waals surface area (Å²) in [5, 5.41) is 14.3. The second-order valence-corrected chi connectivity index (χ2v) is 3.83. The Morgan fingerprint density at radius 2 is 2.31 bits per heavy atom. The number of hydrogen-bond acceptors (Lipinski definition) is 2. The number of rotatable bonds is 1. The summed E-state index contributed by atoms with van der Waals surface area (Å²) in [5.41, 5.74) is 1.78. The number of benzene rings is 1. The molecule has 0 aliphatic rings. The molecule has 0 saturated carbocycles. The molecule has 0 bridgehead atoms. The van der Waals surface area contributed by atoms with Crippen LogP contribution in [0.1, 0.15) is 5.56 Å². The number of hydrogen-bond donors (Lipinski definition) is 1. The van der Waals surface area contributed by atoms with Gasteiger partial charge in [0.2, 0.25) is 0 Å². The summed E-state index contributed by atoms with van der Waals surface area (Å²) in [6.45, 7) is 0.0467. The first-order valence-corrected chi connectivity index (χ1v) is 4.72. The summed E-state index contributed by atoms with van der Waals surface area (Å²) in [4.78, 5) is 0. The molecular weight excluding hydrogens is 232 g/mol. The van der Waals surface area contributed by atoms with Crippen LogP contribution in [0.4, 0.5) is 0 Å². The number of nitrogens with zero attached hydrogens (tertiary/aromatic N) is 2. The molecule has 0 aliphatic carbocycles. The molecule has 0 fully saturated rings. The number of aliphatic hydroxyl groups excluding tert-OH is 1. The molecule has 1 aromatic heterocycles. The van der Waals surface area contributed by atoms with E-state index in [0.717, 1.165) is 20.9 Å². The minimum atomic E-state index is 0.0467. The van der Waals surface area contributed by atoms with Crippen molar-refractivity contribution in [2.45, 2.75) is 6.61 Å². The van der Waals surface area contributed by atoms with Gasteiger partial charge in [-0.3, -0.25) is 4.68 Å². The third kappa shape index (κ3) is 1.47. The van der Waals surface area contributed by atoms with Crippen molar-refractivity contribution in [1.29, 1.82) is 0 Å². The Morgan fingerprint density at radius 3 is 3.00 bits per heavy atom. The van der Waals surface area contributed by atoms with Gasteiger partial charge >= 0.3 is 0 Å². The van der Waals surface area contributed by atoms with Crippen LogP contribution < -0.4 is 0 Å². The highest BCUT2D eigenvalue weighted by molar-refractivity contribution is 9.10. The van der Waals surface area contributed by atoms with Gasteiger partial charge in [-0.2, -0.15) is 5.10 Å². The molecule has 2 rings (SSSR count). The minimum Gasteiger partial charge on any atom is -0.392 e. The van der Waals surface area contributed by atoms with Crippen molar-refractivity contribution in [3.8, 4) is 0 Å². The highest BCUT2D eigenvalue weighted by atomic mass is 79.9. The second-order valence-electron chi connectivity index (χ2n) is 2.97. The molecule has 0 amide bonds. The van der Waals surface area contributed by atoms with Gasteiger partial charge in [0.15, 0.2) is 0 Å². The topological polar surface area (TPSA) is 38.0 Å². The first kappa shape index (κ1) is 8.72. The molecule has 2 aromatic rings. The van der Waals surface area contributed by atoms with Crippen LogP contribution in [0, 0.1) is 0 Å². The number of halogens is 1. The lowest BCUT2D eigenvalue weighted by Crippen LogP contribution is -1.85. The maximum absolute atomic E-state index is 8.97. The van der Waals surface area contributed by atoms with Gasteiger partial charge in [0.25, 0.3) is 0 Å². The average Bonchev–Trinajstić information content (AvgIpc) is 2.46. The largest absolute Gasteiger partial charge is 0.392 e. The molecule has 13 heavy (non-hydrogen) atoms. The SMILES string of the molecule is Cn1cc2c(Br)cc(CO)cc2n1. The van der Waals surface area contributed by atoms with Gasteiger partial charge in [0, 0.05) is 23.1 Å². The van der Waals surface area contributed by atoms with Crippen LogP contribution in [0.25, 0.3) is 10.9 Å². The van der Waals surface area contributed by atoms with E-state index in [4.69, 9.17) is 5.11 Å². The van der Waals surface area contributed by atoms with Gasteiger partial charge < -0.3 is 5.11 Å². The summed E-state index contributed by atoms with van der Waals surface area (Å²) >= 11 is 3.44. The van der Waals surface area contributed by atoms with Crippen molar-refractivity contribution >= 4 is 26.8 Å². The van der Waals surface area contributed by atoms with Gasteiger partial charge in [-0.15, -0.1) is 0 Å². The van der Waals surface area contributed by atoms with Crippen LogP contribution in [-0.4, -0.2) is 14.9 Å². The first-order valence-electron chi connectivity index (χ1n) is 3.93. The first-order chi connectivity index (χ1) is 6.20. The fourth-order valence-electron chi connectivity index (χ4n) is 1.35. The average molecular weight is 241 g/mol. The normalized spacial score (nSPS) is 11.0. The highest BCUT2D eigenvalue weighted by Crippen LogP contribution is 2.24. The van der Waals surface area contributed by atoms with Crippen molar-refractivity contribution in [3.63, 3.8) is 0 Å². The summed E-state index contributed by atoms with van der Waals surface area (Å²) in [6, 6.07) is 3.80. The van der Waals surface area contributed by atoms with Gasteiger partial charge in [-0.1, -0.05) is 15.9 Å². The fraction of sp³-hybridized carbons (Fsp3) is 0.222. The molecule has 0 radical (unpaired) electrons. The maximum Gasteiger partial charge on any atom is 0.0938 e. The minimum absolute atomic E-state index is 0.0467. The van der Waals surface area contributed by atoms with Gasteiger partial charge in [-0.05, 0) is 17.7 Å². The third-order valence-corrected chi connectivity index (χ3v) is 2.59. The Balaban J connectivity index is 2.75.